The summed E-state index contributed by atoms with van der Waals surface area (Å²) in [6.45, 7) is 0. The van der Waals surface area contributed by atoms with Gasteiger partial charge in [-0.15, -0.1) is 0 Å². The lowest BCUT2D eigenvalue weighted by Gasteiger charge is -2.16. The van der Waals surface area contributed by atoms with Crippen LogP contribution < -0.4 is 11.5 Å². The summed E-state index contributed by atoms with van der Waals surface area (Å²) in [7, 11) is 0. The van der Waals surface area contributed by atoms with E-state index in [1.807, 2.05) is 0 Å². The molecule has 6 N–H and O–H groups in total. The van der Waals surface area contributed by atoms with Gasteiger partial charge in [-0.3, -0.25) is 4.79 Å². The van der Waals surface area contributed by atoms with Crippen molar-refractivity contribution < 1.29 is 46.1 Å². The number of carboxylic acid groups (broad SMARTS) is 1. The zero-order valence-electron chi connectivity index (χ0n) is 9.00. The van der Waals surface area contributed by atoms with Crippen molar-refractivity contribution in [2.45, 2.75) is 30.9 Å². The first-order valence-corrected chi connectivity index (χ1v) is 4.28. The Morgan fingerprint density at radius 2 is 1.42 bits per heavy atom. The van der Waals surface area contributed by atoms with Crippen LogP contribution in [0.4, 0.5) is 26.3 Å². The summed E-state index contributed by atoms with van der Waals surface area (Å²) in [5, 5.41) is 15.8. The third-order valence-electron chi connectivity index (χ3n) is 1.41. The number of aliphatic carboxylic acids is 1. The highest BCUT2D eigenvalue weighted by Gasteiger charge is 2.38. The lowest BCUT2D eigenvalue weighted by atomic mass is 10.1. The summed E-state index contributed by atoms with van der Waals surface area (Å²) in [5.41, 5.74) is 9.35. The largest absolute Gasteiger partial charge is 0.490 e. The van der Waals surface area contributed by atoms with Crippen LogP contribution in [0.5, 0.6) is 0 Å². The number of carbonyl (C=O) groups is 2. The maximum Gasteiger partial charge on any atom is 0.490 e. The molecule has 0 aliphatic carbocycles. The lowest BCUT2D eigenvalue weighted by molar-refractivity contribution is -0.192. The number of carboxylic acids is 1. The van der Waals surface area contributed by atoms with Gasteiger partial charge in [-0.05, 0) is 0 Å². The van der Waals surface area contributed by atoms with Gasteiger partial charge in [-0.25, -0.2) is 4.79 Å². The Balaban J connectivity index is 0. The number of aliphatic hydroxyl groups excluding tert-OH is 1. The molecular formula is C7H10F6N2O4. The van der Waals surface area contributed by atoms with E-state index in [9.17, 15) is 31.1 Å². The molecule has 0 aromatic heterocycles. The Bertz CT molecular complexity index is 316. The molecule has 2 unspecified atom stereocenters. The van der Waals surface area contributed by atoms with E-state index in [0.717, 1.165) is 0 Å². The topological polar surface area (TPSA) is 127 Å². The molecule has 0 spiro atoms. The van der Waals surface area contributed by atoms with Gasteiger partial charge in [0.05, 0.1) is 6.42 Å². The molecular weight excluding hydrogens is 290 g/mol. The van der Waals surface area contributed by atoms with Gasteiger partial charge >= 0.3 is 18.3 Å². The molecule has 0 saturated heterocycles. The van der Waals surface area contributed by atoms with E-state index in [1.54, 1.807) is 0 Å². The second kappa shape index (κ2) is 7.13. The number of nitrogens with two attached hydrogens (primary N) is 2. The molecule has 0 rings (SSSR count). The molecule has 0 aromatic carbocycles. The minimum atomic E-state index is -5.08. The number of hydrogen-bond donors (Lipinski definition) is 4. The van der Waals surface area contributed by atoms with Gasteiger partial charge in [0.15, 0.2) is 0 Å². The summed E-state index contributed by atoms with van der Waals surface area (Å²) in [4.78, 5) is 19.0. The number of hydrogen-bond acceptors (Lipinski definition) is 4. The first-order chi connectivity index (χ1) is 8.18. The van der Waals surface area contributed by atoms with Crippen molar-refractivity contribution in [1.82, 2.24) is 0 Å². The van der Waals surface area contributed by atoms with Crippen LogP contribution in [0.15, 0.2) is 0 Å². The van der Waals surface area contributed by atoms with E-state index < -0.39 is 42.8 Å². The van der Waals surface area contributed by atoms with E-state index >= 15 is 0 Å². The van der Waals surface area contributed by atoms with Crippen LogP contribution in [0.2, 0.25) is 0 Å². The van der Waals surface area contributed by atoms with E-state index in [-0.39, 0.29) is 0 Å². The molecule has 0 fully saturated rings. The third-order valence-corrected chi connectivity index (χ3v) is 1.41. The van der Waals surface area contributed by atoms with E-state index in [4.69, 9.17) is 20.7 Å². The van der Waals surface area contributed by atoms with Crippen LogP contribution in [0.3, 0.4) is 0 Å². The first-order valence-electron chi connectivity index (χ1n) is 4.28. The molecule has 0 saturated carbocycles. The second-order valence-corrected chi connectivity index (χ2v) is 3.13. The normalized spacial score (nSPS) is 14.9. The Morgan fingerprint density at radius 3 is 1.58 bits per heavy atom. The SMILES string of the molecule is NC(=O)C(O)C(N)CC(F)(F)F.O=C(O)C(F)(F)F. The van der Waals surface area contributed by atoms with Gasteiger partial charge < -0.3 is 21.7 Å². The number of rotatable bonds is 3. The number of halogens is 6. The molecule has 19 heavy (non-hydrogen) atoms. The Kier molecular flexibility index (Phi) is 7.42. The molecule has 2 atom stereocenters. The number of carbonyl (C=O) groups excluding carboxylic acids is 1. The summed E-state index contributed by atoms with van der Waals surface area (Å²) >= 11 is 0. The van der Waals surface area contributed by atoms with Crippen molar-refractivity contribution in [2.24, 2.45) is 11.5 Å². The fourth-order valence-corrected chi connectivity index (χ4v) is 0.590. The molecule has 114 valence electrons. The fraction of sp³-hybridized carbons (Fsp3) is 0.714. The molecule has 0 aromatic rings. The second-order valence-electron chi connectivity index (χ2n) is 3.13. The lowest BCUT2D eigenvalue weighted by Crippen LogP contribution is -2.46. The van der Waals surface area contributed by atoms with E-state index in [0.29, 0.717) is 0 Å². The van der Waals surface area contributed by atoms with Gasteiger partial charge in [0.1, 0.15) is 6.10 Å². The zero-order valence-corrected chi connectivity index (χ0v) is 9.00. The fourth-order valence-electron chi connectivity index (χ4n) is 0.590. The third kappa shape index (κ3) is 11.3. The minimum absolute atomic E-state index is 1.26. The highest BCUT2D eigenvalue weighted by molar-refractivity contribution is 5.79. The Morgan fingerprint density at radius 1 is 1.11 bits per heavy atom. The van der Waals surface area contributed by atoms with Gasteiger partial charge in [-0.2, -0.15) is 26.3 Å². The van der Waals surface area contributed by atoms with E-state index in [1.165, 1.54) is 0 Å². The molecule has 12 heteroatoms. The molecule has 0 heterocycles. The average molecular weight is 300 g/mol. The molecule has 0 aliphatic heterocycles. The quantitative estimate of drug-likeness (QED) is 0.534. The van der Waals surface area contributed by atoms with Crippen LogP contribution in [-0.2, 0) is 9.59 Å². The summed E-state index contributed by atoms with van der Waals surface area (Å²) in [6, 6.07) is -1.69. The molecule has 0 radical (unpaired) electrons. The van der Waals surface area contributed by atoms with Crippen LogP contribution >= 0.6 is 0 Å². The van der Waals surface area contributed by atoms with Gasteiger partial charge in [0, 0.05) is 6.04 Å². The van der Waals surface area contributed by atoms with Gasteiger partial charge in [0.25, 0.3) is 0 Å². The first kappa shape index (κ1) is 19.8. The van der Waals surface area contributed by atoms with Crippen LogP contribution in [-0.4, -0.2) is 46.6 Å². The smallest absolute Gasteiger partial charge is 0.475 e. The van der Waals surface area contributed by atoms with Crippen molar-refractivity contribution in [1.29, 1.82) is 0 Å². The van der Waals surface area contributed by atoms with Crippen molar-refractivity contribution in [3.63, 3.8) is 0 Å². The predicted molar refractivity (Wildman–Crippen MR) is 47.5 cm³/mol. The standard InChI is InChI=1S/C5H9F3N2O2.C2HF3O2/c6-5(7,8)1-2(9)3(11)4(10)12;3-2(4,5)1(6)7/h2-3,11H,1,9H2,(H2,10,12);(H,6,7). The molecule has 0 aliphatic rings. The highest BCUT2D eigenvalue weighted by Crippen LogP contribution is 2.21. The summed E-state index contributed by atoms with van der Waals surface area (Å²) in [5.74, 6) is -4.01. The predicted octanol–water partition coefficient (Wildman–Crippen LogP) is -0.254. The van der Waals surface area contributed by atoms with Crippen molar-refractivity contribution in [3.05, 3.63) is 0 Å². The van der Waals surface area contributed by atoms with Gasteiger partial charge in [-0.1, -0.05) is 0 Å². The van der Waals surface area contributed by atoms with Crippen LogP contribution in [0.25, 0.3) is 0 Å². The number of aliphatic hydroxyl groups is 1. The summed E-state index contributed by atoms with van der Waals surface area (Å²) < 4.78 is 66.5. The Hall–Kier alpha value is -1.56. The van der Waals surface area contributed by atoms with E-state index in [2.05, 4.69) is 5.73 Å². The molecule has 0 bridgehead atoms. The highest BCUT2D eigenvalue weighted by atomic mass is 19.4. The molecule has 6 nitrogen and oxygen atoms in total. The van der Waals surface area contributed by atoms with Crippen molar-refractivity contribution >= 4 is 11.9 Å². The maximum atomic E-state index is 11.6. The number of amides is 1. The van der Waals surface area contributed by atoms with Gasteiger partial charge in [0.2, 0.25) is 5.91 Å². The molecule has 1 amide bonds. The Labute approximate surface area is 102 Å². The maximum absolute atomic E-state index is 11.6. The van der Waals surface area contributed by atoms with Crippen molar-refractivity contribution in [3.8, 4) is 0 Å². The van der Waals surface area contributed by atoms with Crippen LogP contribution in [0.1, 0.15) is 6.42 Å². The zero-order chi connectivity index (χ0) is 16.0. The summed E-state index contributed by atoms with van der Waals surface area (Å²) in [6.07, 6.45) is -13.0. The van der Waals surface area contributed by atoms with Crippen LogP contribution in [0, 0.1) is 0 Å². The van der Waals surface area contributed by atoms with Crippen molar-refractivity contribution in [2.75, 3.05) is 0 Å². The number of primary amides is 1. The average Bonchev–Trinajstić information content (AvgIpc) is 2.12. The minimum Gasteiger partial charge on any atom is -0.475 e. The monoisotopic (exact) mass is 300 g/mol. The number of alkyl halides is 6.